The molecule has 6 nitrogen and oxygen atoms in total. The lowest BCUT2D eigenvalue weighted by Gasteiger charge is -2.30. The second-order valence-electron chi connectivity index (χ2n) is 7.08. The van der Waals surface area contributed by atoms with E-state index in [9.17, 15) is 14.7 Å². The second kappa shape index (κ2) is 6.64. The third-order valence-corrected chi connectivity index (χ3v) is 3.19. The summed E-state index contributed by atoms with van der Waals surface area (Å²) in [5.74, 6) is -0.625. The first-order valence-electron chi connectivity index (χ1n) is 7.41. The van der Waals surface area contributed by atoms with Crippen molar-refractivity contribution < 1.29 is 24.2 Å². The third kappa shape index (κ3) is 6.33. The van der Waals surface area contributed by atoms with Gasteiger partial charge in [0.05, 0.1) is 5.60 Å². The molecular weight excluding hydrogens is 274 g/mol. The normalized spacial score (nSPS) is 18.2. The van der Waals surface area contributed by atoms with E-state index in [1.165, 1.54) is 13.8 Å². The standard InChI is InChI=1S/C15H27NO5/c1-14(2,3)21-13(18)16-11(15(4,5)19)12(17)20-10-8-6-7-9-10/h10-11,19H,6-9H2,1-5H3,(H,16,18)/t11-/m1/s1. The minimum Gasteiger partial charge on any atom is -0.461 e. The Morgan fingerprint density at radius 3 is 2.10 bits per heavy atom. The van der Waals surface area contributed by atoms with Gasteiger partial charge in [0.1, 0.15) is 11.7 Å². The van der Waals surface area contributed by atoms with Crippen molar-refractivity contribution in [1.29, 1.82) is 0 Å². The van der Waals surface area contributed by atoms with E-state index in [4.69, 9.17) is 9.47 Å². The smallest absolute Gasteiger partial charge is 0.408 e. The van der Waals surface area contributed by atoms with E-state index in [2.05, 4.69) is 5.32 Å². The summed E-state index contributed by atoms with van der Waals surface area (Å²) >= 11 is 0. The van der Waals surface area contributed by atoms with Crippen molar-refractivity contribution in [2.24, 2.45) is 0 Å². The average Bonchev–Trinajstić information content (AvgIpc) is 2.74. The minimum absolute atomic E-state index is 0.122. The van der Waals surface area contributed by atoms with Crippen molar-refractivity contribution in [1.82, 2.24) is 5.32 Å². The van der Waals surface area contributed by atoms with Gasteiger partial charge in [0, 0.05) is 0 Å². The molecule has 0 bridgehead atoms. The second-order valence-corrected chi connectivity index (χ2v) is 7.08. The molecule has 1 fully saturated rings. The first-order valence-corrected chi connectivity index (χ1v) is 7.41. The Bertz CT molecular complexity index is 375. The van der Waals surface area contributed by atoms with Gasteiger partial charge in [-0.15, -0.1) is 0 Å². The third-order valence-electron chi connectivity index (χ3n) is 3.19. The fourth-order valence-electron chi connectivity index (χ4n) is 2.19. The van der Waals surface area contributed by atoms with Crippen LogP contribution >= 0.6 is 0 Å². The quantitative estimate of drug-likeness (QED) is 0.777. The lowest BCUT2D eigenvalue weighted by Crippen LogP contribution is -2.56. The molecule has 0 aromatic heterocycles. The Morgan fingerprint density at radius 2 is 1.67 bits per heavy atom. The molecule has 21 heavy (non-hydrogen) atoms. The van der Waals surface area contributed by atoms with Crippen molar-refractivity contribution in [3.8, 4) is 0 Å². The first-order chi connectivity index (χ1) is 9.49. The topological polar surface area (TPSA) is 84.9 Å². The van der Waals surface area contributed by atoms with Gasteiger partial charge in [-0.3, -0.25) is 0 Å². The number of aliphatic hydroxyl groups is 1. The number of esters is 1. The van der Waals surface area contributed by atoms with Crippen molar-refractivity contribution in [2.45, 2.75) is 83.6 Å². The summed E-state index contributed by atoms with van der Waals surface area (Å²) in [4.78, 5) is 24.0. The largest absolute Gasteiger partial charge is 0.461 e. The van der Waals surface area contributed by atoms with Crippen LogP contribution in [0.3, 0.4) is 0 Å². The van der Waals surface area contributed by atoms with Crippen LogP contribution in [0, 0.1) is 0 Å². The Balaban J connectivity index is 2.67. The summed E-state index contributed by atoms with van der Waals surface area (Å²) in [6.45, 7) is 8.07. The summed E-state index contributed by atoms with van der Waals surface area (Å²) in [7, 11) is 0. The zero-order valence-electron chi connectivity index (χ0n) is 13.6. The van der Waals surface area contributed by atoms with Gasteiger partial charge in [0.25, 0.3) is 0 Å². The van der Waals surface area contributed by atoms with Crippen molar-refractivity contribution in [2.75, 3.05) is 0 Å². The molecule has 0 aromatic carbocycles. The van der Waals surface area contributed by atoms with Gasteiger partial charge in [0.15, 0.2) is 6.04 Å². The molecule has 0 aromatic rings. The van der Waals surface area contributed by atoms with E-state index in [0.717, 1.165) is 25.7 Å². The number of nitrogens with one attached hydrogen (secondary N) is 1. The van der Waals surface area contributed by atoms with Gasteiger partial charge in [-0.1, -0.05) is 0 Å². The van der Waals surface area contributed by atoms with E-state index in [0.29, 0.717) is 0 Å². The molecular formula is C15H27NO5. The van der Waals surface area contributed by atoms with Gasteiger partial charge in [-0.25, -0.2) is 9.59 Å². The number of carbonyl (C=O) groups excluding carboxylic acids is 2. The molecule has 2 N–H and O–H groups in total. The molecule has 0 unspecified atom stereocenters. The molecule has 6 heteroatoms. The van der Waals surface area contributed by atoms with Gasteiger partial charge in [0.2, 0.25) is 0 Å². The van der Waals surface area contributed by atoms with E-state index in [1.807, 2.05) is 0 Å². The van der Waals surface area contributed by atoms with Crippen LogP contribution in [0.5, 0.6) is 0 Å². The van der Waals surface area contributed by atoms with E-state index < -0.39 is 29.3 Å². The predicted octanol–water partition coefficient (Wildman–Crippen LogP) is 2.14. The van der Waals surface area contributed by atoms with Crippen molar-refractivity contribution >= 4 is 12.1 Å². The van der Waals surface area contributed by atoms with E-state index in [-0.39, 0.29) is 6.10 Å². The summed E-state index contributed by atoms with van der Waals surface area (Å²) in [6.07, 6.45) is 2.85. The monoisotopic (exact) mass is 301 g/mol. The maximum absolute atomic E-state index is 12.2. The first kappa shape index (κ1) is 17.8. The zero-order valence-corrected chi connectivity index (χ0v) is 13.6. The van der Waals surface area contributed by atoms with Gasteiger partial charge in [-0.05, 0) is 60.3 Å². The fourth-order valence-corrected chi connectivity index (χ4v) is 2.19. The Labute approximate surface area is 126 Å². The lowest BCUT2D eigenvalue weighted by molar-refractivity contribution is -0.157. The number of carbonyl (C=O) groups is 2. The maximum Gasteiger partial charge on any atom is 0.408 e. The van der Waals surface area contributed by atoms with Crippen LogP contribution in [0.15, 0.2) is 0 Å². The average molecular weight is 301 g/mol. The predicted molar refractivity (Wildman–Crippen MR) is 77.8 cm³/mol. The molecule has 1 rings (SSSR count). The number of rotatable bonds is 4. The summed E-state index contributed by atoms with van der Waals surface area (Å²) < 4.78 is 10.5. The molecule has 0 radical (unpaired) electrons. The molecule has 1 atom stereocenters. The minimum atomic E-state index is -1.44. The Kier molecular flexibility index (Phi) is 5.61. The van der Waals surface area contributed by atoms with Crippen LogP contribution in [0.25, 0.3) is 0 Å². The lowest BCUT2D eigenvalue weighted by atomic mass is 9.99. The molecule has 1 saturated carbocycles. The fraction of sp³-hybridized carbons (Fsp3) is 0.867. The summed E-state index contributed by atoms with van der Waals surface area (Å²) in [6, 6.07) is -1.16. The van der Waals surface area contributed by atoms with Crippen LogP contribution in [-0.4, -0.2) is 40.5 Å². The van der Waals surface area contributed by atoms with Crippen LogP contribution in [0.2, 0.25) is 0 Å². The molecule has 0 aliphatic heterocycles. The molecule has 122 valence electrons. The van der Waals surface area contributed by atoms with Crippen LogP contribution < -0.4 is 5.32 Å². The Hall–Kier alpha value is -1.30. The highest BCUT2D eigenvalue weighted by Gasteiger charge is 2.38. The van der Waals surface area contributed by atoms with Crippen molar-refractivity contribution in [3.05, 3.63) is 0 Å². The molecule has 0 spiro atoms. The highest BCUT2D eigenvalue weighted by molar-refractivity contribution is 5.82. The van der Waals surface area contributed by atoms with E-state index >= 15 is 0 Å². The van der Waals surface area contributed by atoms with Gasteiger partial charge < -0.3 is 19.9 Å². The SMILES string of the molecule is CC(C)(C)OC(=O)N[C@H](C(=O)OC1CCCC1)C(C)(C)O. The van der Waals surface area contributed by atoms with Crippen LogP contribution in [0.4, 0.5) is 4.79 Å². The highest BCUT2D eigenvalue weighted by atomic mass is 16.6. The molecule has 0 saturated heterocycles. The summed E-state index contributed by atoms with van der Waals surface area (Å²) in [5, 5.41) is 12.5. The number of hydrogen-bond donors (Lipinski definition) is 2. The molecule has 1 aliphatic carbocycles. The highest BCUT2D eigenvalue weighted by Crippen LogP contribution is 2.22. The maximum atomic E-state index is 12.2. The van der Waals surface area contributed by atoms with Crippen LogP contribution in [0.1, 0.15) is 60.3 Å². The number of alkyl carbamates (subject to hydrolysis) is 1. The molecule has 1 aliphatic rings. The number of ether oxygens (including phenoxy) is 2. The molecule has 1 amide bonds. The zero-order chi connectivity index (χ0) is 16.3. The number of hydrogen-bond acceptors (Lipinski definition) is 5. The van der Waals surface area contributed by atoms with Crippen LogP contribution in [-0.2, 0) is 14.3 Å². The van der Waals surface area contributed by atoms with E-state index in [1.54, 1.807) is 20.8 Å². The molecule has 0 heterocycles. The Morgan fingerprint density at radius 1 is 1.14 bits per heavy atom. The van der Waals surface area contributed by atoms with Gasteiger partial charge >= 0.3 is 12.1 Å². The summed E-state index contributed by atoms with van der Waals surface area (Å²) in [5.41, 5.74) is -2.11. The van der Waals surface area contributed by atoms with Crippen molar-refractivity contribution in [3.63, 3.8) is 0 Å². The number of amides is 1. The van der Waals surface area contributed by atoms with Gasteiger partial charge in [-0.2, -0.15) is 0 Å².